The molecule has 0 aliphatic carbocycles. The lowest BCUT2D eigenvalue weighted by Gasteiger charge is -2.26. The number of alkyl halides is 1. The van der Waals surface area contributed by atoms with Gasteiger partial charge in [-0.05, 0) is 32.0 Å². The molecule has 82 valence electrons. The van der Waals surface area contributed by atoms with Crippen LogP contribution in [0.3, 0.4) is 0 Å². The SMILES string of the molecule is Fc1ccccc1C(CCl)N1CCCC1. The highest BCUT2D eigenvalue weighted by Gasteiger charge is 2.24. The van der Waals surface area contributed by atoms with Crippen molar-refractivity contribution in [2.45, 2.75) is 18.9 Å². The fourth-order valence-corrected chi connectivity index (χ4v) is 2.54. The van der Waals surface area contributed by atoms with E-state index in [1.165, 1.54) is 18.9 Å². The monoisotopic (exact) mass is 227 g/mol. The molecule has 1 aromatic carbocycles. The van der Waals surface area contributed by atoms with Crippen molar-refractivity contribution in [1.82, 2.24) is 4.90 Å². The highest BCUT2D eigenvalue weighted by molar-refractivity contribution is 6.18. The van der Waals surface area contributed by atoms with Gasteiger partial charge in [0.25, 0.3) is 0 Å². The number of nitrogens with zero attached hydrogens (tertiary/aromatic N) is 1. The number of hydrogen-bond acceptors (Lipinski definition) is 1. The summed E-state index contributed by atoms with van der Waals surface area (Å²) in [5, 5.41) is 0. The molecule has 0 bridgehead atoms. The van der Waals surface area contributed by atoms with E-state index in [2.05, 4.69) is 4.90 Å². The largest absolute Gasteiger partial charge is 0.295 e. The number of rotatable bonds is 3. The molecule has 0 amide bonds. The minimum absolute atomic E-state index is 0.0374. The van der Waals surface area contributed by atoms with Crippen LogP contribution in [0.2, 0.25) is 0 Å². The summed E-state index contributed by atoms with van der Waals surface area (Å²) in [6.45, 7) is 2.07. The van der Waals surface area contributed by atoms with Gasteiger partial charge < -0.3 is 0 Å². The Morgan fingerprint density at radius 1 is 1.27 bits per heavy atom. The number of benzene rings is 1. The Morgan fingerprint density at radius 3 is 2.53 bits per heavy atom. The molecule has 1 aliphatic rings. The average Bonchev–Trinajstić information content (AvgIpc) is 2.75. The molecule has 3 heteroatoms. The van der Waals surface area contributed by atoms with Crippen molar-refractivity contribution < 1.29 is 4.39 Å². The molecule has 1 saturated heterocycles. The number of halogens is 2. The summed E-state index contributed by atoms with van der Waals surface area (Å²) in [4.78, 5) is 2.27. The molecule has 15 heavy (non-hydrogen) atoms. The fraction of sp³-hybridized carbons (Fsp3) is 0.500. The van der Waals surface area contributed by atoms with E-state index in [1.807, 2.05) is 12.1 Å². The quantitative estimate of drug-likeness (QED) is 0.717. The topological polar surface area (TPSA) is 3.24 Å². The summed E-state index contributed by atoms with van der Waals surface area (Å²) >= 11 is 5.95. The van der Waals surface area contributed by atoms with Gasteiger partial charge in [0.2, 0.25) is 0 Å². The summed E-state index contributed by atoms with van der Waals surface area (Å²) < 4.78 is 13.6. The second-order valence-electron chi connectivity index (χ2n) is 3.93. The van der Waals surface area contributed by atoms with E-state index in [1.54, 1.807) is 6.07 Å². The van der Waals surface area contributed by atoms with E-state index < -0.39 is 0 Å². The summed E-state index contributed by atoms with van der Waals surface area (Å²) in [7, 11) is 0. The van der Waals surface area contributed by atoms with Crippen LogP contribution in [0, 0.1) is 5.82 Å². The summed E-state index contributed by atoms with van der Waals surface area (Å²) in [6, 6.07) is 6.96. The third kappa shape index (κ3) is 2.32. The second-order valence-corrected chi connectivity index (χ2v) is 4.24. The van der Waals surface area contributed by atoms with Crippen molar-refractivity contribution >= 4 is 11.6 Å². The predicted molar refractivity (Wildman–Crippen MR) is 60.7 cm³/mol. The molecule has 1 heterocycles. The highest BCUT2D eigenvalue weighted by atomic mass is 35.5. The zero-order valence-corrected chi connectivity index (χ0v) is 9.38. The molecule has 1 aliphatic heterocycles. The van der Waals surface area contributed by atoms with Crippen LogP contribution in [0.5, 0.6) is 0 Å². The van der Waals surface area contributed by atoms with Crippen LogP contribution < -0.4 is 0 Å². The first-order valence-electron chi connectivity index (χ1n) is 5.37. The molecule has 0 spiro atoms. The average molecular weight is 228 g/mol. The van der Waals surface area contributed by atoms with Gasteiger partial charge in [0.15, 0.2) is 0 Å². The molecular formula is C12H15ClFN. The third-order valence-corrected chi connectivity index (χ3v) is 3.28. The first-order valence-corrected chi connectivity index (χ1v) is 5.91. The minimum atomic E-state index is -0.143. The number of hydrogen-bond donors (Lipinski definition) is 0. The van der Waals surface area contributed by atoms with Gasteiger partial charge in [-0.2, -0.15) is 0 Å². The molecule has 2 rings (SSSR count). The van der Waals surface area contributed by atoms with Gasteiger partial charge in [-0.15, -0.1) is 11.6 Å². The maximum absolute atomic E-state index is 13.6. The molecule has 0 N–H and O–H groups in total. The number of likely N-dealkylation sites (tertiary alicyclic amines) is 1. The van der Waals surface area contributed by atoms with Crippen molar-refractivity contribution in [2.75, 3.05) is 19.0 Å². The Labute approximate surface area is 94.8 Å². The van der Waals surface area contributed by atoms with Crippen LogP contribution in [0.1, 0.15) is 24.4 Å². The molecule has 1 fully saturated rings. The first kappa shape index (κ1) is 10.9. The Hall–Kier alpha value is -0.600. The van der Waals surface area contributed by atoms with Crippen LogP contribution in [0.15, 0.2) is 24.3 Å². The molecular weight excluding hydrogens is 213 g/mol. The maximum Gasteiger partial charge on any atom is 0.128 e. The standard InChI is InChI=1S/C12H15ClFN/c13-9-12(15-7-3-4-8-15)10-5-1-2-6-11(10)14/h1-2,5-6,12H,3-4,7-9H2. The van der Waals surface area contributed by atoms with Crippen LogP contribution in [0.4, 0.5) is 4.39 Å². The van der Waals surface area contributed by atoms with Gasteiger partial charge in [0.05, 0.1) is 6.04 Å². The van der Waals surface area contributed by atoms with Crippen LogP contribution in [0.25, 0.3) is 0 Å². The van der Waals surface area contributed by atoms with Gasteiger partial charge in [-0.1, -0.05) is 18.2 Å². The lowest BCUT2D eigenvalue weighted by atomic mass is 10.1. The van der Waals surface area contributed by atoms with Gasteiger partial charge in [0, 0.05) is 11.4 Å². The molecule has 0 radical (unpaired) electrons. The Kier molecular flexibility index (Phi) is 3.60. The van der Waals surface area contributed by atoms with E-state index in [0.717, 1.165) is 18.7 Å². The van der Waals surface area contributed by atoms with E-state index in [-0.39, 0.29) is 11.9 Å². The molecule has 1 unspecified atom stereocenters. The fourth-order valence-electron chi connectivity index (χ4n) is 2.18. The third-order valence-electron chi connectivity index (χ3n) is 2.99. The molecule has 0 saturated carbocycles. The summed E-state index contributed by atoms with van der Waals surface area (Å²) in [5.74, 6) is 0.316. The lowest BCUT2D eigenvalue weighted by molar-refractivity contribution is 0.260. The Balaban J connectivity index is 2.22. The van der Waals surface area contributed by atoms with E-state index in [0.29, 0.717) is 5.88 Å². The molecule has 0 aromatic heterocycles. The van der Waals surface area contributed by atoms with Crippen LogP contribution >= 0.6 is 11.6 Å². The van der Waals surface area contributed by atoms with Crippen molar-refractivity contribution in [3.8, 4) is 0 Å². The lowest BCUT2D eigenvalue weighted by Crippen LogP contribution is -2.27. The summed E-state index contributed by atoms with van der Waals surface area (Å²) in [6.07, 6.45) is 2.39. The molecule has 1 atom stereocenters. The van der Waals surface area contributed by atoms with Crippen molar-refractivity contribution in [3.05, 3.63) is 35.6 Å². The molecule has 1 aromatic rings. The van der Waals surface area contributed by atoms with Crippen LogP contribution in [-0.4, -0.2) is 23.9 Å². The van der Waals surface area contributed by atoms with Crippen molar-refractivity contribution in [1.29, 1.82) is 0 Å². The van der Waals surface area contributed by atoms with E-state index >= 15 is 0 Å². The van der Waals surface area contributed by atoms with Gasteiger partial charge in [-0.3, -0.25) is 4.90 Å². The van der Waals surface area contributed by atoms with E-state index in [9.17, 15) is 4.39 Å². The smallest absolute Gasteiger partial charge is 0.128 e. The van der Waals surface area contributed by atoms with Crippen LogP contribution in [-0.2, 0) is 0 Å². The zero-order chi connectivity index (χ0) is 10.7. The molecule has 1 nitrogen and oxygen atoms in total. The minimum Gasteiger partial charge on any atom is -0.295 e. The van der Waals surface area contributed by atoms with Crippen molar-refractivity contribution in [2.24, 2.45) is 0 Å². The van der Waals surface area contributed by atoms with Gasteiger partial charge >= 0.3 is 0 Å². The Bertz CT molecular complexity index is 323. The predicted octanol–water partition coefficient (Wildman–Crippen LogP) is 3.20. The summed E-state index contributed by atoms with van der Waals surface area (Å²) in [5.41, 5.74) is 0.731. The highest BCUT2D eigenvalue weighted by Crippen LogP contribution is 2.27. The maximum atomic E-state index is 13.6. The van der Waals surface area contributed by atoms with Crippen molar-refractivity contribution in [3.63, 3.8) is 0 Å². The van der Waals surface area contributed by atoms with Gasteiger partial charge in [0.1, 0.15) is 5.82 Å². The Morgan fingerprint density at radius 2 is 1.93 bits per heavy atom. The zero-order valence-electron chi connectivity index (χ0n) is 8.63. The first-order chi connectivity index (χ1) is 7.33. The van der Waals surface area contributed by atoms with Gasteiger partial charge in [-0.25, -0.2) is 4.39 Å². The second kappa shape index (κ2) is 4.95. The van der Waals surface area contributed by atoms with E-state index in [4.69, 9.17) is 11.6 Å². The normalized spacial score (nSPS) is 19.3.